The van der Waals surface area contributed by atoms with E-state index >= 15 is 0 Å². The first-order chi connectivity index (χ1) is 15.0. The summed E-state index contributed by atoms with van der Waals surface area (Å²) in [6.45, 7) is 4.33. The highest BCUT2D eigenvalue weighted by molar-refractivity contribution is 7.16. The van der Waals surface area contributed by atoms with Crippen molar-refractivity contribution in [1.82, 2.24) is 19.0 Å². The molecule has 2 N–H and O–H groups in total. The number of imidazole rings is 1. The smallest absolute Gasteiger partial charge is 0.254 e. The predicted molar refractivity (Wildman–Crippen MR) is 125 cm³/mol. The van der Waals surface area contributed by atoms with Crippen LogP contribution in [0.3, 0.4) is 0 Å². The first-order valence-electron chi connectivity index (χ1n) is 10.7. The molecule has 8 heteroatoms. The lowest BCUT2D eigenvalue weighted by Crippen LogP contribution is -2.45. The Balaban J connectivity index is 1.63. The van der Waals surface area contributed by atoms with Gasteiger partial charge in [0.1, 0.15) is 16.1 Å². The van der Waals surface area contributed by atoms with E-state index in [1.807, 2.05) is 24.1 Å². The molecule has 0 aliphatic carbocycles. The molecule has 1 aromatic carbocycles. The van der Waals surface area contributed by atoms with Gasteiger partial charge in [0.2, 0.25) is 0 Å². The Labute approximate surface area is 185 Å². The van der Waals surface area contributed by atoms with Crippen LogP contribution in [0.25, 0.3) is 32.8 Å². The number of methoxy groups -OCH3 is 1. The number of benzene rings is 1. The average Bonchev–Trinajstić information content (AvgIpc) is 3.45. The maximum atomic E-state index is 13.2. The predicted octanol–water partition coefficient (Wildman–Crippen LogP) is 3.85. The van der Waals surface area contributed by atoms with Crippen LogP contribution in [0.15, 0.2) is 29.6 Å². The Morgan fingerprint density at radius 2 is 2.19 bits per heavy atom. The van der Waals surface area contributed by atoms with Gasteiger partial charge in [0.05, 0.1) is 18.3 Å². The molecule has 1 saturated heterocycles. The highest BCUT2D eigenvalue weighted by Crippen LogP contribution is 2.35. The van der Waals surface area contributed by atoms with Gasteiger partial charge in [0.25, 0.3) is 5.91 Å². The molecule has 0 unspecified atom stereocenters. The molecule has 1 aliphatic rings. The number of likely N-dealkylation sites (tertiary alicyclic amines) is 1. The Hall–Kier alpha value is -2.84. The second-order valence-electron chi connectivity index (χ2n) is 8.15. The van der Waals surface area contributed by atoms with E-state index in [4.69, 9.17) is 15.5 Å². The fourth-order valence-electron chi connectivity index (χ4n) is 4.67. The summed E-state index contributed by atoms with van der Waals surface area (Å²) in [6.07, 6.45) is 1.90. The summed E-state index contributed by atoms with van der Waals surface area (Å²) in [7, 11) is 3.64. The molecule has 1 amide bonds. The molecule has 31 heavy (non-hydrogen) atoms. The average molecular weight is 438 g/mol. The number of fused-ring (bicyclic) bond motifs is 2. The molecule has 1 atom stereocenters. The number of nitrogens with two attached hydrogens (primary N) is 1. The highest BCUT2D eigenvalue weighted by atomic mass is 32.1. The van der Waals surface area contributed by atoms with Crippen LogP contribution in [0.4, 0.5) is 0 Å². The van der Waals surface area contributed by atoms with Crippen LogP contribution in [-0.2, 0) is 13.6 Å². The number of carbonyl (C=O) groups is 1. The summed E-state index contributed by atoms with van der Waals surface area (Å²) in [4.78, 5) is 21.2. The number of nitrogens with zero attached hydrogens (tertiary/aromatic N) is 4. The SMILES string of the molecule is CCn1c(-c2nc3cc(C(=O)N4CCC[C@@H](N)C4)cc(OC)c3n2C)cc2ccsc21. The lowest BCUT2D eigenvalue weighted by atomic mass is 10.0. The van der Waals surface area contributed by atoms with Crippen molar-refractivity contribution in [2.75, 3.05) is 20.2 Å². The second-order valence-corrected chi connectivity index (χ2v) is 9.04. The minimum atomic E-state index is -0.0139. The van der Waals surface area contributed by atoms with Gasteiger partial charge >= 0.3 is 0 Å². The minimum absolute atomic E-state index is 0.0139. The van der Waals surface area contributed by atoms with Gasteiger partial charge < -0.3 is 24.5 Å². The van der Waals surface area contributed by atoms with Crippen molar-refractivity contribution in [3.63, 3.8) is 0 Å². The van der Waals surface area contributed by atoms with Crippen LogP contribution in [0.5, 0.6) is 5.75 Å². The van der Waals surface area contributed by atoms with E-state index < -0.39 is 0 Å². The van der Waals surface area contributed by atoms with E-state index in [0.717, 1.165) is 48.5 Å². The third kappa shape index (κ3) is 3.21. The Morgan fingerprint density at radius 1 is 1.35 bits per heavy atom. The number of hydrogen-bond acceptors (Lipinski definition) is 5. The van der Waals surface area contributed by atoms with Crippen LogP contribution >= 0.6 is 11.3 Å². The quantitative estimate of drug-likeness (QED) is 0.526. The van der Waals surface area contributed by atoms with Crippen LogP contribution in [0, 0.1) is 0 Å². The lowest BCUT2D eigenvalue weighted by molar-refractivity contribution is 0.0708. The summed E-state index contributed by atoms with van der Waals surface area (Å²) in [5.41, 5.74) is 9.40. The third-order valence-electron chi connectivity index (χ3n) is 6.19. The van der Waals surface area contributed by atoms with Gasteiger partial charge in [0, 0.05) is 43.7 Å². The van der Waals surface area contributed by atoms with Crippen molar-refractivity contribution in [1.29, 1.82) is 0 Å². The number of amides is 1. The summed E-state index contributed by atoms with van der Waals surface area (Å²) in [5, 5.41) is 3.33. The zero-order valence-electron chi connectivity index (χ0n) is 18.1. The number of rotatable bonds is 4. The number of carbonyl (C=O) groups excluding carboxylic acids is 1. The van der Waals surface area contributed by atoms with E-state index in [-0.39, 0.29) is 11.9 Å². The Bertz CT molecular complexity index is 1280. The summed E-state index contributed by atoms with van der Waals surface area (Å²) < 4.78 is 10.0. The van der Waals surface area contributed by atoms with Gasteiger partial charge in [-0.1, -0.05) is 0 Å². The van der Waals surface area contributed by atoms with Gasteiger partial charge in [-0.05, 0) is 49.4 Å². The summed E-state index contributed by atoms with van der Waals surface area (Å²) in [5.74, 6) is 1.50. The maximum Gasteiger partial charge on any atom is 0.254 e. The molecule has 1 aliphatic heterocycles. The molecule has 4 aromatic rings. The van der Waals surface area contributed by atoms with Gasteiger partial charge in [-0.3, -0.25) is 4.79 Å². The normalized spacial score (nSPS) is 17.0. The number of hydrogen-bond donors (Lipinski definition) is 1. The minimum Gasteiger partial charge on any atom is -0.494 e. The molecule has 0 spiro atoms. The van der Waals surface area contributed by atoms with Crippen molar-refractivity contribution in [2.24, 2.45) is 12.8 Å². The van der Waals surface area contributed by atoms with E-state index in [1.54, 1.807) is 18.4 Å². The second kappa shape index (κ2) is 7.69. The topological polar surface area (TPSA) is 78.3 Å². The Kier molecular flexibility index (Phi) is 4.98. The maximum absolute atomic E-state index is 13.2. The molecular weight excluding hydrogens is 410 g/mol. The number of thiophene rings is 1. The fraction of sp³-hybridized carbons (Fsp3) is 0.391. The van der Waals surface area contributed by atoms with Crippen LogP contribution in [0.2, 0.25) is 0 Å². The molecule has 3 aromatic heterocycles. The lowest BCUT2D eigenvalue weighted by Gasteiger charge is -2.30. The van der Waals surface area contributed by atoms with Gasteiger partial charge in [-0.2, -0.15) is 0 Å². The van der Waals surface area contributed by atoms with Gasteiger partial charge in [-0.25, -0.2) is 4.98 Å². The van der Waals surface area contributed by atoms with Crippen molar-refractivity contribution in [3.8, 4) is 17.3 Å². The number of ether oxygens (including phenoxy) is 1. The van der Waals surface area contributed by atoms with E-state index in [0.29, 0.717) is 17.9 Å². The number of piperidine rings is 1. The van der Waals surface area contributed by atoms with Crippen LogP contribution < -0.4 is 10.5 Å². The standard InChI is InChI=1S/C23H27N5O2S/c1-4-28-18(11-14-7-9-31-23(14)28)21-25-17-10-15(12-19(30-3)20(17)26(21)2)22(29)27-8-5-6-16(24)13-27/h7,9-12,16H,4-6,8,13,24H2,1-3H3/t16-/m1/s1. The molecule has 0 radical (unpaired) electrons. The van der Waals surface area contributed by atoms with E-state index in [2.05, 4.69) is 33.6 Å². The zero-order chi connectivity index (χ0) is 21.7. The summed E-state index contributed by atoms with van der Waals surface area (Å²) in [6, 6.07) is 8.07. The molecule has 4 heterocycles. The molecule has 0 bridgehead atoms. The fourth-order valence-corrected chi connectivity index (χ4v) is 5.63. The zero-order valence-corrected chi connectivity index (χ0v) is 18.9. The number of aromatic nitrogens is 3. The monoisotopic (exact) mass is 437 g/mol. The molecule has 162 valence electrons. The van der Waals surface area contributed by atoms with Gasteiger partial charge in [-0.15, -0.1) is 11.3 Å². The van der Waals surface area contributed by atoms with Crippen molar-refractivity contribution >= 4 is 38.5 Å². The molecule has 7 nitrogen and oxygen atoms in total. The summed E-state index contributed by atoms with van der Waals surface area (Å²) >= 11 is 1.74. The molecule has 5 rings (SSSR count). The highest BCUT2D eigenvalue weighted by Gasteiger charge is 2.25. The Morgan fingerprint density at radius 3 is 2.94 bits per heavy atom. The molecular formula is C23H27N5O2S. The van der Waals surface area contributed by atoms with E-state index in [9.17, 15) is 4.79 Å². The third-order valence-corrected chi connectivity index (χ3v) is 7.15. The van der Waals surface area contributed by atoms with Crippen LogP contribution in [-0.4, -0.2) is 51.2 Å². The van der Waals surface area contributed by atoms with Gasteiger partial charge in [0.15, 0.2) is 5.82 Å². The molecule has 0 saturated carbocycles. The van der Waals surface area contributed by atoms with Crippen molar-refractivity contribution in [2.45, 2.75) is 32.4 Å². The largest absolute Gasteiger partial charge is 0.494 e. The molecule has 1 fully saturated rings. The van der Waals surface area contributed by atoms with Crippen LogP contribution in [0.1, 0.15) is 30.1 Å². The van der Waals surface area contributed by atoms with Crippen molar-refractivity contribution < 1.29 is 9.53 Å². The van der Waals surface area contributed by atoms with E-state index in [1.165, 1.54) is 10.2 Å². The first kappa shape index (κ1) is 20.1. The first-order valence-corrected chi connectivity index (χ1v) is 11.6. The van der Waals surface area contributed by atoms with Crippen molar-refractivity contribution in [3.05, 3.63) is 35.2 Å². The number of aryl methyl sites for hydroxylation is 2.